The van der Waals surface area contributed by atoms with Crippen LogP contribution in [0.15, 0.2) is 34.8 Å². The van der Waals surface area contributed by atoms with E-state index in [2.05, 4.69) is 48.8 Å². The molecule has 0 heterocycles. The first-order chi connectivity index (χ1) is 9.38. The van der Waals surface area contributed by atoms with Crippen molar-refractivity contribution in [3.05, 3.63) is 68.2 Å². The predicted molar refractivity (Wildman–Crippen MR) is 87.6 cm³/mol. The zero-order valence-corrected chi connectivity index (χ0v) is 14.0. The van der Waals surface area contributed by atoms with Gasteiger partial charge in [-0.25, -0.2) is 0 Å². The van der Waals surface area contributed by atoms with Gasteiger partial charge in [-0.15, -0.1) is 0 Å². The topological polar surface area (TPSA) is 17.1 Å². The van der Waals surface area contributed by atoms with Gasteiger partial charge in [0.25, 0.3) is 0 Å². The molecule has 2 aromatic rings. The van der Waals surface area contributed by atoms with E-state index < -0.39 is 0 Å². The Morgan fingerprint density at radius 2 is 1.55 bits per heavy atom. The van der Waals surface area contributed by atoms with E-state index in [1.165, 1.54) is 16.7 Å². The van der Waals surface area contributed by atoms with Crippen molar-refractivity contribution in [2.75, 3.05) is 0 Å². The second-order valence-electron chi connectivity index (χ2n) is 5.44. The Labute approximate surface area is 129 Å². The van der Waals surface area contributed by atoms with Crippen LogP contribution in [0.2, 0.25) is 0 Å². The van der Waals surface area contributed by atoms with Crippen molar-refractivity contribution in [3.63, 3.8) is 0 Å². The standard InChI is InChI=1S/C18H19BrO/c1-11-7-12(2)17(13(3)8-11)10-18(20)16-6-5-15(19)9-14(16)4/h5-9H,10H2,1-4H3. The van der Waals surface area contributed by atoms with E-state index in [1.807, 2.05) is 25.1 Å². The Bertz CT molecular complexity index is 648. The summed E-state index contributed by atoms with van der Waals surface area (Å²) in [6.07, 6.45) is 0.473. The lowest BCUT2D eigenvalue weighted by Crippen LogP contribution is -2.08. The molecule has 0 amide bonds. The Hall–Kier alpha value is -1.41. The largest absolute Gasteiger partial charge is 0.294 e. The number of carbonyl (C=O) groups is 1. The molecular weight excluding hydrogens is 312 g/mol. The van der Waals surface area contributed by atoms with Gasteiger partial charge in [0.1, 0.15) is 0 Å². The molecule has 0 bridgehead atoms. The van der Waals surface area contributed by atoms with E-state index in [0.717, 1.165) is 21.2 Å². The van der Waals surface area contributed by atoms with E-state index in [1.54, 1.807) is 0 Å². The minimum atomic E-state index is 0.185. The zero-order valence-electron chi connectivity index (χ0n) is 12.4. The lowest BCUT2D eigenvalue weighted by molar-refractivity contribution is 0.0992. The molecule has 0 radical (unpaired) electrons. The Kier molecular flexibility index (Phi) is 4.44. The van der Waals surface area contributed by atoms with Gasteiger partial charge in [0.05, 0.1) is 0 Å². The van der Waals surface area contributed by atoms with Crippen molar-refractivity contribution in [2.45, 2.75) is 34.1 Å². The number of benzene rings is 2. The summed E-state index contributed by atoms with van der Waals surface area (Å²) in [6.45, 7) is 8.23. The maximum Gasteiger partial charge on any atom is 0.167 e. The lowest BCUT2D eigenvalue weighted by Gasteiger charge is -2.12. The highest BCUT2D eigenvalue weighted by molar-refractivity contribution is 9.10. The number of hydrogen-bond donors (Lipinski definition) is 0. The van der Waals surface area contributed by atoms with Gasteiger partial charge in [0, 0.05) is 16.5 Å². The molecule has 0 saturated heterocycles. The Morgan fingerprint density at radius 1 is 0.950 bits per heavy atom. The van der Waals surface area contributed by atoms with Crippen LogP contribution < -0.4 is 0 Å². The number of aryl methyl sites for hydroxylation is 4. The molecule has 0 N–H and O–H groups in total. The van der Waals surface area contributed by atoms with Gasteiger partial charge in [-0.2, -0.15) is 0 Å². The highest BCUT2D eigenvalue weighted by Gasteiger charge is 2.13. The van der Waals surface area contributed by atoms with E-state index in [9.17, 15) is 4.79 Å². The second-order valence-corrected chi connectivity index (χ2v) is 6.35. The molecule has 2 rings (SSSR count). The van der Waals surface area contributed by atoms with Crippen LogP contribution in [0.4, 0.5) is 0 Å². The minimum Gasteiger partial charge on any atom is -0.294 e. The average Bonchev–Trinajstić information content (AvgIpc) is 2.33. The predicted octanol–water partition coefficient (Wildman–Crippen LogP) is 5.11. The van der Waals surface area contributed by atoms with Gasteiger partial charge in [0.15, 0.2) is 5.78 Å². The fourth-order valence-electron chi connectivity index (χ4n) is 2.68. The summed E-state index contributed by atoms with van der Waals surface area (Å²) in [6, 6.07) is 10.1. The van der Waals surface area contributed by atoms with Crippen LogP contribution in [0.25, 0.3) is 0 Å². The normalized spacial score (nSPS) is 10.7. The molecule has 0 aliphatic rings. The lowest BCUT2D eigenvalue weighted by atomic mass is 9.92. The van der Waals surface area contributed by atoms with Crippen LogP contribution >= 0.6 is 15.9 Å². The third kappa shape index (κ3) is 3.18. The van der Waals surface area contributed by atoms with Crippen molar-refractivity contribution < 1.29 is 4.79 Å². The average molecular weight is 331 g/mol. The quantitative estimate of drug-likeness (QED) is 0.715. The van der Waals surface area contributed by atoms with Crippen molar-refractivity contribution in [1.29, 1.82) is 0 Å². The smallest absolute Gasteiger partial charge is 0.167 e. The third-order valence-corrected chi connectivity index (χ3v) is 4.16. The number of rotatable bonds is 3. The second kappa shape index (κ2) is 5.92. The van der Waals surface area contributed by atoms with Gasteiger partial charge in [-0.3, -0.25) is 4.79 Å². The number of hydrogen-bond acceptors (Lipinski definition) is 1. The van der Waals surface area contributed by atoms with Gasteiger partial charge in [-0.1, -0.05) is 39.7 Å². The highest BCUT2D eigenvalue weighted by Crippen LogP contribution is 2.21. The van der Waals surface area contributed by atoms with Gasteiger partial charge >= 0.3 is 0 Å². The van der Waals surface area contributed by atoms with Gasteiger partial charge in [-0.05, 0) is 62.1 Å². The summed E-state index contributed by atoms with van der Waals surface area (Å²) in [7, 11) is 0. The fourth-order valence-corrected chi connectivity index (χ4v) is 3.16. The van der Waals surface area contributed by atoms with Gasteiger partial charge < -0.3 is 0 Å². The molecule has 0 aliphatic carbocycles. The number of Topliss-reactive ketones (excluding diaryl/α,β-unsaturated/α-hetero) is 1. The summed E-state index contributed by atoms with van der Waals surface area (Å²) < 4.78 is 1.01. The maximum atomic E-state index is 12.5. The molecule has 0 unspecified atom stereocenters. The summed E-state index contributed by atoms with van der Waals surface area (Å²) in [5, 5.41) is 0. The monoisotopic (exact) mass is 330 g/mol. The zero-order chi connectivity index (χ0) is 14.9. The minimum absolute atomic E-state index is 0.185. The summed E-state index contributed by atoms with van der Waals surface area (Å²) >= 11 is 3.43. The molecular formula is C18H19BrO. The molecule has 0 atom stereocenters. The first-order valence-electron chi connectivity index (χ1n) is 6.74. The first-order valence-corrected chi connectivity index (χ1v) is 7.54. The van der Waals surface area contributed by atoms with Gasteiger partial charge in [0.2, 0.25) is 0 Å². The SMILES string of the molecule is Cc1cc(C)c(CC(=O)c2ccc(Br)cc2C)c(C)c1. The summed E-state index contributed by atoms with van der Waals surface area (Å²) in [5.74, 6) is 0.185. The third-order valence-electron chi connectivity index (χ3n) is 3.67. The van der Waals surface area contributed by atoms with Crippen molar-refractivity contribution in [2.24, 2.45) is 0 Å². The van der Waals surface area contributed by atoms with Crippen molar-refractivity contribution in [1.82, 2.24) is 0 Å². The van der Waals surface area contributed by atoms with Crippen LogP contribution in [0, 0.1) is 27.7 Å². The molecule has 2 aromatic carbocycles. The molecule has 1 nitrogen and oxygen atoms in total. The van der Waals surface area contributed by atoms with E-state index in [0.29, 0.717) is 6.42 Å². The molecule has 0 saturated carbocycles. The van der Waals surface area contributed by atoms with Crippen LogP contribution in [0.5, 0.6) is 0 Å². The Morgan fingerprint density at radius 3 is 2.10 bits per heavy atom. The molecule has 0 aromatic heterocycles. The molecule has 20 heavy (non-hydrogen) atoms. The van der Waals surface area contributed by atoms with Crippen LogP contribution in [0.3, 0.4) is 0 Å². The van der Waals surface area contributed by atoms with Crippen molar-refractivity contribution in [3.8, 4) is 0 Å². The number of carbonyl (C=O) groups excluding carboxylic acids is 1. The summed E-state index contributed by atoms with van der Waals surface area (Å²) in [5.41, 5.74) is 6.63. The first kappa shape index (κ1) is 15.0. The van der Waals surface area contributed by atoms with E-state index in [4.69, 9.17) is 0 Å². The summed E-state index contributed by atoms with van der Waals surface area (Å²) in [4.78, 5) is 12.5. The van der Waals surface area contributed by atoms with E-state index in [-0.39, 0.29) is 5.78 Å². The Balaban J connectivity index is 2.33. The highest BCUT2D eigenvalue weighted by atomic mass is 79.9. The number of ketones is 1. The maximum absolute atomic E-state index is 12.5. The fraction of sp³-hybridized carbons (Fsp3) is 0.278. The van der Waals surface area contributed by atoms with Crippen LogP contribution in [-0.4, -0.2) is 5.78 Å². The molecule has 0 spiro atoms. The molecule has 104 valence electrons. The van der Waals surface area contributed by atoms with Crippen molar-refractivity contribution >= 4 is 21.7 Å². The molecule has 2 heteroatoms. The number of halogens is 1. The van der Waals surface area contributed by atoms with E-state index >= 15 is 0 Å². The van der Waals surface area contributed by atoms with Crippen LogP contribution in [-0.2, 0) is 6.42 Å². The molecule has 0 fully saturated rings. The molecule has 0 aliphatic heterocycles. The van der Waals surface area contributed by atoms with Crippen LogP contribution in [0.1, 0.15) is 38.2 Å².